The number of nitrogens with zero attached hydrogens (tertiary/aromatic N) is 4. The van der Waals surface area contributed by atoms with Crippen molar-refractivity contribution in [3.8, 4) is 0 Å². The van der Waals surface area contributed by atoms with Crippen LogP contribution >= 0.6 is 11.8 Å². The highest BCUT2D eigenvalue weighted by molar-refractivity contribution is 7.99. The van der Waals surface area contributed by atoms with Crippen molar-refractivity contribution < 1.29 is 4.79 Å². The summed E-state index contributed by atoms with van der Waals surface area (Å²) in [5.41, 5.74) is 9.13. The molecule has 0 spiro atoms. The lowest BCUT2D eigenvalue weighted by Crippen LogP contribution is -2.36. The lowest BCUT2D eigenvalue weighted by Gasteiger charge is -2.22. The molecule has 8 heteroatoms. The molecule has 0 saturated heterocycles. The number of imidazole rings is 1. The number of para-hydroxylation sites is 1. The highest BCUT2D eigenvalue weighted by atomic mass is 32.2. The molecule has 0 radical (unpaired) electrons. The number of nitrogen functional groups attached to an aromatic ring is 1. The lowest BCUT2D eigenvalue weighted by atomic mass is 10.1. The molecule has 0 fully saturated rings. The van der Waals surface area contributed by atoms with E-state index >= 15 is 0 Å². The number of fused-ring (bicyclic) bond motifs is 2. The number of carbonyl (C=O) groups is 1. The van der Waals surface area contributed by atoms with E-state index in [0.717, 1.165) is 12.1 Å². The fourth-order valence-electron chi connectivity index (χ4n) is 3.04. The molecule has 24 heavy (non-hydrogen) atoms. The standard InChI is InChI=1S/C16H16N6OS/c1-9-6-10-4-2-3-5-11(10)22(9)12(23)7-24-16-20-13-14(17)18-8-19-15(13)21-16/h2-5,8-9H,6-7H2,1H3,(H3,17,18,19,20,21). The number of carbonyl (C=O) groups excluding carboxylic acids is 1. The van der Waals surface area contributed by atoms with E-state index in [2.05, 4.69) is 32.9 Å². The van der Waals surface area contributed by atoms with Crippen molar-refractivity contribution in [1.29, 1.82) is 0 Å². The van der Waals surface area contributed by atoms with E-state index in [1.807, 2.05) is 23.1 Å². The zero-order valence-electron chi connectivity index (χ0n) is 13.1. The van der Waals surface area contributed by atoms with Gasteiger partial charge in [0.1, 0.15) is 11.8 Å². The predicted molar refractivity (Wildman–Crippen MR) is 93.9 cm³/mol. The van der Waals surface area contributed by atoms with Gasteiger partial charge in [-0.2, -0.15) is 0 Å². The van der Waals surface area contributed by atoms with Gasteiger partial charge in [-0.15, -0.1) is 0 Å². The highest BCUT2D eigenvalue weighted by Crippen LogP contribution is 2.32. The maximum atomic E-state index is 12.7. The Morgan fingerprint density at radius 1 is 1.42 bits per heavy atom. The van der Waals surface area contributed by atoms with E-state index < -0.39 is 0 Å². The van der Waals surface area contributed by atoms with Gasteiger partial charge in [0.15, 0.2) is 16.6 Å². The number of rotatable bonds is 3. The Labute approximate surface area is 142 Å². The Hall–Kier alpha value is -2.61. The van der Waals surface area contributed by atoms with E-state index in [1.54, 1.807) is 0 Å². The first-order valence-corrected chi connectivity index (χ1v) is 8.61. The van der Waals surface area contributed by atoms with E-state index in [0.29, 0.717) is 27.9 Å². The number of hydrogen-bond donors (Lipinski definition) is 2. The van der Waals surface area contributed by atoms with Gasteiger partial charge < -0.3 is 15.6 Å². The van der Waals surface area contributed by atoms with E-state index in [-0.39, 0.29) is 11.9 Å². The minimum Gasteiger partial charge on any atom is -0.382 e. The van der Waals surface area contributed by atoms with Crippen molar-refractivity contribution in [2.24, 2.45) is 0 Å². The van der Waals surface area contributed by atoms with Gasteiger partial charge in [0.05, 0.1) is 5.75 Å². The molecule has 2 aromatic heterocycles. The van der Waals surface area contributed by atoms with E-state index in [1.165, 1.54) is 23.7 Å². The van der Waals surface area contributed by atoms with E-state index in [9.17, 15) is 4.79 Å². The average Bonchev–Trinajstić information content (AvgIpc) is 3.13. The molecule has 3 heterocycles. The van der Waals surface area contributed by atoms with Gasteiger partial charge in [-0.3, -0.25) is 4.79 Å². The topological polar surface area (TPSA) is 101 Å². The quantitative estimate of drug-likeness (QED) is 0.707. The molecule has 1 atom stereocenters. The predicted octanol–water partition coefficient (Wildman–Crippen LogP) is 2.01. The Balaban J connectivity index is 1.51. The molecule has 3 N–H and O–H groups in total. The number of nitrogens with one attached hydrogen (secondary N) is 1. The molecular formula is C16H16N6OS. The SMILES string of the molecule is CC1Cc2ccccc2N1C(=O)CSc1nc2ncnc(N)c2[nH]1. The minimum atomic E-state index is 0.0666. The molecule has 1 amide bonds. The molecule has 4 rings (SSSR count). The van der Waals surface area contributed by atoms with Crippen molar-refractivity contribution in [2.75, 3.05) is 16.4 Å². The number of H-pyrrole nitrogens is 1. The zero-order chi connectivity index (χ0) is 16.7. The van der Waals surface area contributed by atoms with Gasteiger partial charge in [0, 0.05) is 11.7 Å². The van der Waals surface area contributed by atoms with E-state index in [4.69, 9.17) is 5.73 Å². The van der Waals surface area contributed by atoms with Gasteiger partial charge in [-0.1, -0.05) is 30.0 Å². The van der Waals surface area contributed by atoms with Crippen LogP contribution in [0.5, 0.6) is 0 Å². The largest absolute Gasteiger partial charge is 0.382 e. The Morgan fingerprint density at radius 2 is 2.25 bits per heavy atom. The van der Waals surface area contributed by atoms with Gasteiger partial charge in [0.25, 0.3) is 0 Å². The molecule has 7 nitrogen and oxygen atoms in total. The number of hydrogen-bond acceptors (Lipinski definition) is 6. The van der Waals surface area contributed by atoms with Crippen LogP contribution in [0.4, 0.5) is 11.5 Å². The number of thioether (sulfide) groups is 1. The fraction of sp³-hybridized carbons (Fsp3) is 0.250. The normalized spacial score (nSPS) is 16.5. The maximum Gasteiger partial charge on any atom is 0.237 e. The zero-order valence-corrected chi connectivity index (χ0v) is 13.9. The summed E-state index contributed by atoms with van der Waals surface area (Å²) in [5, 5.41) is 0.616. The number of amides is 1. The van der Waals surface area contributed by atoms with Crippen molar-refractivity contribution in [1.82, 2.24) is 19.9 Å². The first kappa shape index (κ1) is 14.9. The summed E-state index contributed by atoms with van der Waals surface area (Å²) < 4.78 is 0. The molecule has 122 valence electrons. The smallest absolute Gasteiger partial charge is 0.237 e. The van der Waals surface area contributed by atoms with Crippen molar-refractivity contribution in [3.63, 3.8) is 0 Å². The molecule has 0 saturated carbocycles. The molecule has 1 aliphatic heterocycles. The van der Waals surface area contributed by atoms with Crippen LogP contribution in [0.1, 0.15) is 12.5 Å². The number of benzene rings is 1. The number of aromatic amines is 1. The van der Waals surface area contributed by atoms with Crippen molar-refractivity contribution >= 4 is 40.3 Å². The van der Waals surface area contributed by atoms with Crippen LogP contribution in [-0.2, 0) is 11.2 Å². The molecule has 0 bridgehead atoms. The monoisotopic (exact) mass is 340 g/mol. The third-order valence-corrected chi connectivity index (χ3v) is 4.96. The summed E-state index contributed by atoms with van der Waals surface area (Å²) >= 11 is 1.35. The maximum absolute atomic E-state index is 12.7. The third kappa shape index (κ3) is 2.48. The molecule has 0 aliphatic carbocycles. The van der Waals surface area contributed by atoms with Crippen LogP contribution < -0.4 is 10.6 Å². The second-order valence-corrected chi connectivity index (χ2v) is 6.70. The number of aromatic nitrogens is 4. The number of nitrogens with two attached hydrogens (primary N) is 1. The van der Waals surface area contributed by atoms with Crippen LogP contribution in [-0.4, -0.2) is 37.6 Å². The average molecular weight is 340 g/mol. The first-order valence-electron chi connectivity index (χ1n) is 7.62. The van der Waals surface area contributed by atoms with Gasteiger partial charge in [-0.25, -0.2) is 15.0 Å². The Kier molecular flexibility index (Phi) is 3.61. The fourth-order valence-corrected chi connectivity index (χ4v) is 3.76. The van der Waals surface area contributed by atoms with Crippen LogP contribution in [0.2, 0.25) is 0 Å². The van der Waals surface area contributed by atoms with Crippen LogP contribution in [0, 0.1) is 0 Å². The van der Waals surface area contributed by atoms with Gasteiger partial charge >= 0.3 is 0 Å². The van der Waals surface area contributed by atoms with Gasteiger partial charge in [0.2, 0.25) is 5.91 Å². The Bertz CT molecular complexity index is 924. The molecular weight excluding hydrogens is 324 g/mol. The summed E-state index contributed by atoms with van der Waals surface area (Å²) in [6, 6.07) is 8.22. The summed E-state index contributed by atoms with van der Waals surface area (Å²) in [7, 11) is 0. The van der Waals surface area contributed by atoms with Crippen LogP contribution in [0.15, 0.2) is 35.7 Å². The Morgan fingerprint density at radius 3 is 3.08 bits per heavy atom. The van der Waals surface area contributed by atoms with Crippen LogP contribution in [0.3, 0.4) is 0 Å². The lowest BCUT2D eigenvalue weighted by molar-refractivity contribution is -0.116. The highest BCUT2D eigenvalue weighted by Gasteiger charge is 2.30. The molecule has 1 aromatic carbocycles. The summed E-state index contributed by atoms with van der Waals surface area (Å²) in [6.45, 7) is 2.07. The van der Waals surface area contributed by atoms with Crippen molar-refractivity contribution in [2.45, 2.75) is 24.5 Å². The second-order valence-electron chi connectivity index (χ2n) is 5.73. The minimum absolute atomic E-state index is 0.0666. The summed E-state index contributed by atoms with van der Waals surface area (Å²) in [5.74, 6) is 0.718. The van der Waals surface area contributed by atoms with Crippen LogP contribution in [0.25, 0.3) is 11.2 Å². The molecule has 3 aromatic rings. The summed E-state index contributed by atoms with van der Waals surface area (Å²) in [6.07, 6.45) is 2.27. The third-order valence-electron chi connectivity index (χ3n) is 4.10. The molecule has 1 aliphatic rings. The number of anilines is 2. The molecule has 1 unspecified atom stereocenters. The summed E-state index contributed by atoms with van der Waals surface area (Å²) in [4.78, 5) is 30.0. The second kappa shape index (κ2) is 5.79. The van der Waals surface area contributed by atoms with Crippen molar-refractivity contribution in [3.05, 3.63) is 36.2 Å². The van der Waals surface area contributed by atoms with Gasteiger partial charge in [-0.05, 0) is 25.0 Å². The first-order chi connectivity index (χ1) is 11.6.